The van der Waals surface area contributed by atoms with Gasteiger partial charge >= 0.3 is 0 Å². The number of hydrogen-bond acceptors (Lipinski definition) is 2. The fraction of sp³-hybridized carbons (Fsp3) is 0.500. The summed E-state index contributed by atoms with van der Waals surface area (Å²) in [6.45, 7) is 3.67. The monoisotopic (exact) mass is 139 g/mol. The molecule has 2 unspecified atom stereocenters. The van der Waals surface area contributed by atoms with E-state index in [-0.39, 0.29) is 5.92 Å². The lowest BCUT2D eigenvalue weighted by Gasteiger charge is -2.29. The van der Waals surface area contributed by atoms with E-state index < -0.39 is 5.60 Å². The molecule has 1 aliphatic carbocycles. The second kappa shape index (κ2) is 2.13. The molecule has 0 radical (unpaired) electrons. The summed E-state index contributed by atoms with van der Waals surface area (Å²) in [5.74, 6) is 0.0255. The van der Waals surface area contributed by atoms with E-state index >= 15 is 0 Å². The van der Waals surface area contributed by atoms with E-state index in [9.17, 15) is 5.11 Å². The van der Waals surface area contributed by atoms with E-state index in [1.54, 1.807) is 19.1 Å². The summed E-state index contributed by atoms with van der Waals surface area (Å²) < 4.78 is 0. The standard InChI is InChI=1S/C8H13NO/c1-6-7(9)4-3-5-8(6,2)10/h3-6,10H,9H2,1-2H3. The first-order valence-corrected chi connectivity index (χ1v) is 3.41. The molecule has 56 valence electrons. The lowest BCUT2D eigenvalue weighted by Crippen LogP contribution is -2.35. The third-order valence-electron chi connectivity index (χ3n) is 2.10. The first-order chi connectivity index (χ1) is 4.54. The fourth-order valence-corrected chi connectivity index (χ4v) is 0.980. The van der Waals surface area contributed by atoms with Crippen molar-refractivity contribution in [2.45, 2.75) is 19.4 Å². The Kier molecular flexibility index (Phi) is 1.57. The van der Waals surface area contributed by atoms with Gasteiger partial charge in [-0.25, -0.2) is 0 Å². The predicted octanol–water partition coefficient (Wildman–Crippen LogP) is 0.786. The van der Waals surface area contributed by atoms with Gasteiger partial charge in [0.2, 0.25) is 0 Å². The minimum atomic E-state index is -0.765. The molecule has 0 heterocycles. The normalized spacial score (nSPS) is 39.5. The molecule has 10 heavy (non-hydrogen) atoms. The van der Waals surface area contributed by atoms with Crippen LogP contribution in [0.2, 0.25) is 0 Å². The minimum Gasteiger partial charge on any atom is -0.402 e. The van der Waals surface area contributed by atoms with Gasteiger partial charge in [-0.05, 0) is 13.0 Å². The minimum absolute atomic E-state index is 0.0255. The molecular weight excluding hydrogens is 126 g/mol. The highest BCUT2D eigenvalue weighted by Crippen LogP contribution is 2.25. The van der Waals surface area contributed by atoms with Gasteiger partial charge in [0, 0.05) is 11.6 Å². The fourth-order valence-electron chi connectivity index (χ4n) is 0.980. The summed E-state index contributed by atoms with van der Waals surface area (Å²) in [5, 5.41) is 9.61. The highest BCUT2D eigenvalue weighted by molar-refractivity contribution is 5.25. The number of nitrogens with two attached hydrogens (primary N) is 1. The summed E-state index contributed by atoms with van der Waals surface area (Å²) in [6, 6.07) is 0. The second-order valence-electron chi connectivity index (χ2n) is 2.97. The maximum absolute atomic E-state index is 9.61. The van der Waals surface area contributed by atoms with Crippen LogP contribution >= 0.6 is 0 Å². The van der Waals surface area contributed by atoms with E-state index in [1.807, 2.05) is 13.0 Å². The van der Waals surface area contributed by atoms with Gasteiger partial charge in [0.15, 0.2) is 0 Å². The molecule has 0 aromatic heterocycles. The van der Waals surface area contributed by atoms with Gasteiger partial charge in [0.1, 0.15) is 0 Å². The first kappa shape index (κ1) is 7.35. The van der Waals surface area contributed by atoms with Crippen molar-refractivity contribution in [3.05, 3.63) is 23.9 Å². The summed E-state index contributed by atoms with van der Waals surface area (Å²) in [4.78, 5) is 0. The molecule has 2 heteroatoms. The largest absolute Gasteiger partial charge is 0.402 e. The van der Waals surface area contributed by atoms with Gasteiger partial charge in [0.05, 0.1) is 5.60 Å². The van der Waals surface area contributed by atoms with Crippen molar-refractivity contribution in [3.8, 4) is 0 Å². The zero-order chi connectivity index (χ0) is 7.78. The molecule has 1 rings (SSSR count). The van der Waals surface area contributed by atoms with Crippen LogP contribution in [0.5, 0.6) is 0 Å². The number of hydrogen-bond donors (Lipinski definition) is 2. The first-order valence-electron chi connectivity index (χ1n) is 3.41. The molecule has 1 aliphatic rings. The van der Waals surface area contributed by atoms with Crippen LogP contribution in [0, 0.1) is 5.92 Å². The highest BCUT2D eigenvalue weighted by atomic mass is 16.3. The maximum Gasteiger partial charge on any atom is 0.0882 e. The van der Waals surface area contributed by atoms with Crippen LogP contribution in [0.3, 0.4) is 0 Å². The predicted molar refractivity (Wildman–Crippen MR) is 41.2 cm³/mol. The topological polar surface area (TPSA) is 46.2 Å². The number of rotatable bonds is 0. The SMILES string of the molecule is CC1C(N)=CC=CC1(C)O. The van der Waals surface area contributed by atoms with Crippen LogP contribution in [0.25, 0.3) is 0 Å². The Bertz CT molecular complexity index is 191. The van der Waals surface area contributed by atoms with Crippen molar-refractivity contribution in [3.63, 3.8) is 0 Å². The van der Waals surface area contributed by atoms with Crippen LogP contribution in [0.15, 0.2) is 23.9 Å². The van der Waals surface area contributed by atoms with Crippen molar-refractivity contribution < 1.29 is 5.11 Å². The summed E-state index contributed by atoms with van der Waals surface area (Å²) in [5.41, 5.74) is 5.58. The Morgan fingerprint density at radius 1 is 1.70 bits per heavy atom. The molecule has 0 aromatic rings. The van der Waals surface area contributed by atoms with Crippen LogP contribution in [-0.2, 0) is 0 Å². The zero-order valence-corrected chi connectivity index (χ0v) is 6.33. The van der Waals surface area contributed by atoms with Crippen LogP contribution in [0.1, 0.15) is 13.8 Å². The Labute approximate surface area is 61.0 Å². The van der Waals surface area contributed by atoms with Crippen molar-refractivity contribution in [2.75, 3.05) is 0 Å². The molecule has 0 fully saturated rings. The Morgan fingerprint density at radius 2 is 2.30 bits per heavy atom. The smallest absolute Gasteiger partial charge is 0.0882 e. The summed E-state index contributed by atoms with van der Waals surface area (Å²) >= 11 is 0. The quantitative estimate of drug-likeness (QED) is 0.521. The lowest BCUT2D eigenvalue weighted by atomic mass is 9.85. The second-order valence-corrected chi connectivity index (χ2v) is 2.97. The van der Waals surface area contributed by atoms with Crippen molar-refractivity contribution in [2.24, 2.45) is 11.7 Å². The molecule has 0 aromatic carbocycles. The van der Waals surface area contributed by atoms with E-state index in [1.165, 1.54) is 0 Å². The van der Waals surface area contributed by atoms with E-state index in [4.69, 9.17) is 5.73 Å². The van der Waals surface area contributed by atoms with Crippen LogP contribution in [0.4, 0.5) is 0 Å². The molecule has 0 amide bonds. The van der Waals surface area contributed by atoms with Gasteiger partial charge in [0.25, 0.3) is 0 Å². The third kappa shape index (κ3) is 1.07. The van der Waals surface area contributed by atoms with Crippen molar-refractivity contribution >= 4 is 0 Å². The van der Waals surface area contributed by atoms with Gasteiger partial charge in [-0.3, -0.25) is 0 Å². The summed E-state index contributed by atoms with van der Waals surface area (Å²) in [7, 11) is 0. The molecule has 2 nitrogen and oxygen atoms in total. The third-order valence-corrected chi connectivity index (χ3v) is 2.10. The molecule has 0 bridgehead atoms. The van der Waals surface area contributed by atoms with E-state index in [2.05, 4.69) is 0 Å². The average molecular weight is 139 g/mol. The van der Waals surface area contributed by atoms with Crippen LogP contribution < -0.4 is 5.73 Å². The number of allylic oxidation sites excluding steroid dienone is 2. The molecule has 0 spiro atoms. The average Bonchev–Trinajstić information content (AvgIpc) is 1.83. The Morgan fingerprint density at radius 3 is 2.70 bits per heavy atom. The van der Waals surface area contributed by atoms with Crippen LogP contribution in [-0.4, -0.2) is 10.7 Å². The Balaban J connectivity index is 2.89. The zero-order valence-electron chi connectivity index (χ0n) is 6.33. The molecule has 0 saturated heterocycles. The van der Waals surface area contributed by atoms with Crippen molar-refractivity contribution in [1.82, 2.24) is 0 Å². The number of aliphatic hydroxyl groups is 1. The molecule has 0 aliphatic heterocycles. The summed E-state index contributed by atoms with van der Waals surface area (Å²) in [6.07, 6.45) is 5.37. The molecule has 3 N–H and O–H groups in total. The highest BCUT2D eigenvalue weighted by Gasteiger charge is 2.28. The van der Waals surface area contributed by atoms with E-state index in [0.29, 0.717) is 0 Å². The molecule has 0 saturated carbocycles. The molecule has 2 atom stereocenters. The van der Waals surface area contributed by atoms with Gasteiger partial charge in [-0.2, -0.15) is 0 Å². The van der Waals surface area contributed by atoms with Gasteiger partial charge < -0.3 is 10.8 Å². The van der Waals surface area contributed by atoms with E-state index in [0.717, 1.165) is 5.70 Å². The van der Waals surface area contributed by atoms with Gasteiger partial charge in [-0.15, -0.1) is 0 Å². The maximum atomic E-state index is 9.61. The Hall–Kier alpha value is -0.760. The lowest BCUT2D eigenvalue weighted by molar-refractivity contribution is 0.0675. The van der Waals surface area contributed by atoms with Crippen molar-refractivity contribution in [1.29, 1.82) is 0 Å². The molecular formula is C8H13NO. The van der Waals surface area contributed by atoms with Gasteiger partial charge in [-0.1, -0.05) is 19.1 Å².